The van der Waals surface area contributed by atoms with Crippen LogP contribution in [0.25, 0.3) is 55.6 Å². The average molecular weight is 879 g/mol. The smallest absolute Gasteiger partial charge is 0.0754 e. The molecule has 2 aliphatic rings. The van der Waals surface area contributed by atoms with Crippen molar-refractivity contribution in [1.29, 1.82) is 0 Å². The Morgan fingerprint density at radius 3 is 1.33 bits per heavy atom. The first-order valence-electron chi connectivity index (χ1n) is 23.8. The van der Waals surface area contributed by atoms with Gasteiger partial charge in [-0.3, -0.25) is 0 Å². The van der Waals surface area contributed by atoms with Gasteiger partial charge in [0.15, 0.2) is 0 Å². The van der Waals surface area contributed by atoms with Crippen LogP contribution >= 0.6 is 0 Å². The van der Waals surface area contributed by atoms with Crippen molar-refractivity contribution in [3.8, 4) is 55.6 Å². The van der Waals surface area contributed by atoms with Crippen molar-refractivity contribution in [2.45, 2.75) is 5.41 Å². The van der Waals surface area contributed by atoms with Crippen molar-refractivity contribution in [3.05, 3.63) is 301 Å². The van der Waals surface area contributed by atoms with E-state index in [1.807, 2.05) is 0 Å². The molecule has 11 aromatic carbocycles. The van der Waals surface area contributed by atoms with Crippen LogP contribution in [-0.4, -0.2) is 0 Å². The fourth-order valence-corrected chi connectivity index (χ4v) is 11.2. The Balaban J connectivity index is 0.942. The van der Waals surface area contributed by atoms with Gasteiger partial charge < -0.3 is 9.80 Å². The maximum atomic E-state index is 2.45. The lowest BCUT2D eigenvalue weighted by molar-refractivity contribution is 0.752. The number of hydrogen-bond donors (Lipinski definition) is 0. The summed E-state index contributed by atoms with van der Waals surface area (Å²) in [7, 11) is 0. The van der Waals surface area contributed by atoms with Crippen LogP contribution in [0.2, 0.25) is 0 Å². The largest absolute Gasteiger partial charge is 0.310 e. The maximum Gasteiger partial charge on any atom is 0.0754 e. The van der Waals surface area contributed by atoms with Gasteiger partial charge in [-0.05, 0) is 133 Å². The monoisotopic (exact) mass is 878 g/mol. The minimum Gasteiger partial charge on any atom is -0.310 e. The van der Waals surface area contributed by atoms with E-state index in [4.69, 9.17) is 0 Å². The van der Waals surface area contributed by atoms with Gasteiger partial charge in [-0.2, -0.15) is 0 Å². The van der Waals surface area contributed by atoms with Gasteiger partial charge in [0.25, 0.3) is 0 Å². The predicted octanol–water partition coefficient (Wildman–Crippen LogP) is 18.0. The van der Waals surface area contributed by atoms with E-state index in [0.717, 1.165) is 22.7 Å². The molecular formula is C67H46N2. The van der Waals surface area contributed by atoms with Gasteiger partial charge in [0.2, 0.25) is 0 Å². The molecule has 0 unspecified atom stereocenters. The molecule has 11 aromatic rings. The highest BCUT2D eigenvalue weighted by Crippen LogP contribution is 2.64. The molecule has 0 saturated carbocycles. The summed E-state index contributed by atoms with van der Waals surface area (Å²) in [6.07, 6.45) is 0. The Kier molecular flexibility index (Phi) is 9.77. The van der Waals surface area contributed by atoms with Gasteiger partial charge in [0.05, 0.1) is 22.5 Å². The van der Waals surface area contributed by atoms with Gasteiger partial charge in [-0.25, -0.2) is 0 Å². The Morgan fingerprint density at radius 1 is 0.261 bits per heavy atom. The van der Waals surface area contributed by atoms with E-state index in [1.54, 1.807) is 0 Å². The van der Waals surface area contributed by atoms with Crippen molar-refractivity contribution in [2.24, 2.45) is 0 Å². The Hall–Kier alpha value is -8.98. The molecule has 0 amide bonds. The Morgan fingerprint density at radius 2 is 0.696 bits per heavy atom. The van der Waals surface area contributed by atoms with Crippen LogP contribution in [0.15, 0.2) is 279 Å². The lowest BCUT2D eigenvalue weighted by Crippen LogP contribution is -2.36. The lowest BCUT2D eigenvalue weighted by atomic mass is 9.64. The highest BCUT2D eigenvalue weighted by atomic mass is 15.2. The molecule has 0 atom stereocenters. The fraction of sp³-hybridized carbons (Fsp3) is 0.0149. The van der Waals surface area contributed by atoms with Crippen LogP contribution < -0.4 is 9.80 Å². The van der Waals surface area contributed by atoms with Crippen LogP contribution in [0.1, 0.15) is 22.3 Å². The lowest BCUT2D eigenvalue weighted by Gasteiger charge is -2.45. The summed E-state index contributed by atoms with van der Waals surface area (Å²) in [6, 6.07) is 102. The maximum absolute atomic E-state index is 2.45. The van der Waals surface area contributed by atoms with Crippen LogP contribution in [-0.2, 0) is 5.41 Å². The Bertz CT molecular complexity index is 3610. The summed E-state index contributed by atoms with van der Waals surface area (Å²) in [4.78, 5) is 4.89. The molecule has 0 aromatic heterocycles. The van der Waals surface area contributed by atoms with E-state index in [-0.39, 0.29) is 0 Å². The van der Waals surface area contributed by atoms with Crippen LogP contribution in [0.3, 0.4) is 0 Å². The zero-order valence-corrected chi connectivity index (χ0v) is 38.0. The van der Waals surface area contributed by atoms with Crippen molar-refractivity contribution in [1.82, 2.24) is 0 Å². The minimum absolute atomic E-state index is 0.530. The molecule has 69 heavy (non-hydrogen) atoms. The zero-order chi connectivity index (χ0) is 45.7. The van der Waals surface area contributed by atoms with Gasteiger partial charge in [0, 0.05) is 22.6 Å². The summed E-state index contributed by atoms with van der Waals surface area (Å²) in [5.41, 5.74) is 23.5. The van der Waals surface area contributed by atoms with Crippen LogP contribution in [0, 0.1) is 0 Å². The average Bonchev–Trinajstić information content (AvgIpc) is 3.72. The molecule has 324 valence electrons. The second-order valence-corrected chi connectivity index (χ2v) is 18.0. The summed E-state index contributed by atoms with van der Waals surface area (Å²) in [6.45, 7) is 0. The van der Waals surface area contributed by atoms with Crippen molar-refractivity contribution in [3.63, 3.8) is 0 Å². The highest BCUT2D eigenvalue weighted by molar-refractivity contribution is 5.98. The number of hydrogen-bond acceptors (Lipinski definition) is 2. The molecule has 1 heterocycles. The van der Waals surface area contributed by atoms with E-state index in [1.165, 1.54) is 89.3 Å². The predicted molar refractivity (Wildman–Crippen MR) is 288 cm³/mol. The first-order chi connectivity index (χ1) is 34.2. The molecule has 0 fully saturated rings. The third-order valence-electron chi connectivity index (χ3n) is 14.3. The number of para-hydroxylation sites is 4. The molecule has 0 N–H and O–H groups in total. The number of fused-ring (bicyclic) bond motifs is 9. The SMILES string of the molecule is c1ccc(-c2cccc(-c3ccc(-c4ccc(N(c5ccc6c(c5)-c5ccccc5C65c6ccccc6N(c6ccccc6)c6ccccc65)c5ccccc5-c5ccccc5)cc4)cc3)c2)cc1. The fourth-order valence-electron chi connectivity index (χ4n) is 11.2. The van der Waals surface area contributed by atoms with Gasteiger partial charge in [0.1, 0.15) is 0 Å². The molecular weight excluding hydrogens is 833 g/mol. The third-order valence-corrected chi connectivity index (χ3v) is 14.3. The topological polar surface area (TPSA) is 6.48 Å². The van der Waals surface area contributed by atoms with E-state index < -0.39 is 5.41 Å². The molecule has 0 radical (unpaired) electrons. The van der Waals surface area contributed by atoms with Crippen molar-refractivity contribution in [2.75, 3.05) is 9.80 Å². The molecule has 1 spiro atoms. The van der Waals surface area contributed by atoms with Gasteiger partial charge in [-0.1, -0.05) is 218 Å². The summed E-state index contributed by atoms with van der Waals surface area (Å²) in [5.74, 6) is 0. The summed E-state index contributed by atoms with van der Waals surface area (Å²) in [5, 5.41) is 0. The van der Waals surface area contributed by atoms with Gasteiger partial charge in [-0.15, -0.1) is 0 Å². The highest BCUT2D eigenvalue weighted by Gasteiger charge is 2.51. The normalized spacial score (nSPS) is 12.7. The van der Waals surface area contributed by atoms with E-state index in [9.17, 15) is 0 Å². The molecule has 1 aliphatic carbocycles. The van der Waals surface area contributed by atoms with Crippen LogP contribution in [0.4, 0.5) is 34.1 Å². The second-order valence-electron chi connectivity index (χ2n) is 18.0. The Labute approximate surface area is 404 Å². The number of rotatable bonds is 8. The summed E-state index contributed by atoms with van der Waals surface area (Å²) < 4.78 is 0. The third kappa shape index (κ3) is 6.64. The number of nitrogens with zero attached hydrogens (tertiary/aromatic N) is 2. The van der Waals surface area contributed by atoms with E-state index in [2.05, 4.69) is 289 Å². The molecule has 2 nitrogen and oxygen atoms in total. The molecule has 0 saturated heterocycles. The first kappa shape index (κ1) is 40.3. The molecule has 1 aliphatic heterocycles. The minimum atomic E-state index is -0.530. The summed E-state index contributed by atoms with van der Waals surface area (Å²) >= 11 is 0. The zero-order valence-electron chi connectivity index (χ0n) is 38.0. The van der Waals surface area contributed by atoms with Crippen molar-refractivity contribution < 1.29 is 0 Å². The van der Waals surface area contributed by atoms with E-state index >= 15 is 0 Å². The second kappa shape index (κ2) is 16.7. The van der Waals surface area contributed by atoms with Crippen molar-refractivity contribution >= 4 is 34.1 Å². The van der Waals surface area contributed by atoms with Gasteiger partial charge >= 0.3 is 0 Å². The number of anilines is 6. The molecule has 13 rings (SSSR count). The quantitative estimate of drug-likeness (QED) is 0.150. The molecule has 2 heteroatoms. The standard InChI is InChI=1S/C67H46N2/c1-4-19-47(20-5-1)52-23-18-24-53(45-52)50-37-35-48(36-38-50)49-39-41-55(42-40-49)68(64-32-15-11-27-57(64)51-21-6-2-7-22-51)56-43-44-61-59(46-56)58-28-10-12-29-60(58)67(61)62-30-13-16-33-65(62)69(54-25-8-3-9-26-54)66-34-17-14-31-63(66)67/h1-46H. The molecule has 0 bridgehead atoms. The number of benzene rings is 11. The van der Waals surface area contributed by atoms with E-state index in [0.29, 0.717) is 0 Å². The first-order valence-corrected chi connectivity index (χ1v) is 23.8. The van der Waals surface area contributed by atoms with Crippen LogP contribution in [0.5, 0.6) is 0 Å².